The van der Waals surface area contributed by atoms with Crippen LogP contribution in [0, 0.1) is 11.3 Å². The van der Waals surface area contributed by atoms with Gasteiger partial charge in [0, 0.05) is 6.26 Å². The molecule has 0 fully saturated rings. The van der Waals surface area contributed by atoms with Crippen LogP contribution in [-0.2, 0) is 14.6 Å². The van der Waals surface area contributed by atoms with E-state index in [0.717, 1.165) is 6.26 Å². The number of carbonyl (C=O) groups is 1. The smallest absolute Gasteiger partial charge is 0.307 e. The van der Waals surface area contributed by atoms with E-state index in [9.17, 15) is 13.2 Å². The minimum atomic E-state index is -3.08. The summed E-state index contributed by atoms with van der Waals surface area (Å²) in [7, 11) is -3.08. The van der Waals surface area contributed by atoms with Crippen molar-refractivity contribution in [1.29, 1.82) is 0 Å². The van der Waals surface area contributed by atoms with Gasteiger partial charge in [-0.1, -0.05) is 20.8 Å². The highest BCUT2D eigenvalue weighted by atomic mass is 32.2. The molecule has 0 saturated heterocycles. The van der Waals surface area contributed by atoms with E-state index >= 15 is 0 Å². The molecule has 0 aromatic carbocycles. The van der Waals surface area contributed by atoms with Crippen LogP contribution in [0.2, 0.25) is 0 Å². The number of rotatable bonds is 4. The molecule has 1 N–H and O–H groups in total. The first-order valence-electron chi connectivity index (χ1n) is 4.44. The number of aliphatic carboxylic acids is 1. The van der Waals surface area contributed by atoms with Gasteiger partial charge >= 0.3 is 5.97 Å². The fourth-order valence-electron chi connectivity index (χ4n) is 1.26. The maximum atomic E-state index is 10.9. The van der Waals surface area contributed by atoms with Crippen LogP contribution in [0.15, 0.2) is 0 Å². The van der Waals surface area contributed by atoms with Gasteiger partial charge < -0.3 is 5.11 Å². The highest BCUT2D eigenvalue weighted by Gasteiger charge is 2.31. The third kappa shape index (κ3) is 5.21. The molecule has 0 aromatic heterocycles. The Morgan fingerprint density at radius 3 is 2.00 bits per heavy atom. The first kappa shape index (κ1) is 13.4. The van der Waals surface area contributed by atoms with Crippen LogP contribution >= 0.6 is 0 Å². The Bertz CT molecular complexity index is 297. The van der Waals surface area contributed by atoms with Crippen molar-refractivity contribution < 1.29 is 18.3 Å². The summed E-state index contributed by atoms with van der Waals surface area (Å²) in [6, 6.07) is 0. The van der Waals surface area contributed by atoms with E-state index in [4.69, 9.17) is 5.11 Å². The Balaban J connectivity index is 4.50. The van der Waals surface area contributed by atoms with E-state index in [0.29, 0.717) is 0 Å². The molecule has 0 aliphatic rings. The topological polar surface area (TPSA) is 71.4 Å². The highest BCUT2D eigenvalue weighted by molar-refractivity contribution is 7.90. The molecule has 0 bridgehead atoms. The molecule has 0 rings (SSSR count). The maximum Gasteiger partial charge on any atom is 0.307 e. The zero-order chi connectivity index (χ0) is 11.6. The number of hydrogen-bond acceptors (Lipinski definition) is 3. The van der Waals surface area contributed by atoms with Gasteiger partial charge in [-0.15, -0.1) is 0 Å². The van der Waals surface area contributed by atoms with Crippen LogP contribution in [0.4, 0.5) is 0 Å². The van der Waals surface area contributed by atoms with Gasteiger partial charge in [-0.05, 0) is 11.8 Å². The van der Waals surface area contributed by atoms with Crippen molar-refractivity contribution in [2.75, 3.05) is 12.0 Å². The van der Waals surface area contributed by atoms with Crippen molar-refractivity contribution in [3.63, 3.8) is 0 Å². The van der Waals surface area contributed by atoms with Crippen molar-refractivity contribution >= 4 is 15.8 Å². The van der Waals surface area contributed by atoms with Crippen LogP contribution in [0.5, 0.6) is 0 Å². The average molecular weight is 222 g/mol. The van der Waals surface area contributed by atoms with Crippen molar-refractivity contribution in [1.82, 2.24) is 0 Å². The van der Waals surface area contributed by atoms with Gasteiger partial charge in [-0.2, -0.15) is 0 Å². The zero-order valence-electron chi connectivity index (χ0n) is 9.07. The van der Waals surface area contributed by atoms with E-state index in [1.165, 1.54) is 0 Å². The molecule has 0 aliphatic carbocycles. The summed E-state index contributed by atoms with van der Waals surface area (Å²) >= 11 is 0. The maximum absolute atomic E-state index is 10.9. The first-order valence-corrected chi connectivity index (χ1v) is 6.50. The molecule has 0 aromatic rings. The number of carboxylic acids is 1. The van der Waals surface area contributed by atoms with Crippen molar-refractivity contribution in [2.24, 2.45) is 11.3 Å². The molecule has 1 atom stereocenters. The van der Waals surface area contributed by atoms with E-state index in [1.54, 1.807) is 20.8 Å². The quantitative estimate of drug-likeness (QED) is 0.775. The molecule has 84 valence electrons. The van der Waals surface area contributed by atoms with E-state index in [2.05, 4.69) is 0 Å². The van der Waals surface area contributed by atoms with E-state index in [-0.39, 0.29) is 12.2 Å². The standard InChI is InChI=1S/C9H18O4S/c1-9(2,3)7(8(10)11)5-6-14(4,12)13/h7H,5-6H2,1-4H3,(H,10,11). The molecule has 4 nitrogen and oxygen atoms in total. The second-order valence-corrected chi connectivity index (χ2v) is 6.94. The lowest BCUT2D eigenvalue weighted by Crippen LogP contribution is -2.30. The normalized spacial score (nSPS) is 15.1. The van der Waals surface area contributed by atoms with Crippen LogP contribution in [0.1, 0.15) is 27.2 Å². The molecule has 0 saturated carbocycles. The second kappa shape index (κ2) is 4.29. The summed E-state index contributed by atoms with van der Waals surface area (Å²) < 4.78 is 21.8. The molecule has 0 heterocycles. The Morgan fingerprint density at radius 1 is 1.36 bits per heavy atom. The molecule has 0 amide bonds. The van der Waals surface area contributed by atoms with Gasteiger partial charge in [0.25, 0.3) is 0 Å². The minimum Gasteiger partial charge on any atom is -0.481 e. The van der Waals surface area contributed by atoms with Crippen LogP contribution in [0.25, 0.3) is 0 Å². The van der Waals surface area contributed by atoms with Gasteiger partial charge in [0.05, 0.1) is 11.7 Å². The van der Waals surface area contributed by atoms with Gasteiger partial charge in [0.1, 0.15) is 9.84 Å². The monoisotopic (exact) mass is 222 g/mol. The summed E-state index contributed by atoms with van der Waals surface area (Å²) in [6.07, 6.45) is 1.30. The third-order valence-electron chi connectivity index (χ3n) is 2.12. The summed E-state index contributed by atoms with van der Waals surface area (Å²) in [5.41, 5.74) is -0.406. The molecule has 14 heavy (non-hydrogen) atoms. The third-order valence-corrected chi connectivity index (χ3v) is 3.10. The molecular weight excluding hydrogens is 204 g/mol. The van der Waals surface area contributed by atoms with Crippen molar-refractivity contribution in [3.8, 4) is 0 Å². The van der Waals surface area contributed by atoms with Gasteiger partial charge in [-0.25, -0.2) is 8.42 Å². The fourth-order valence-corrected chi connectivity index (χ4v) is 1.92. The lowest BCUT2D eigenvalue weighted by atomic mass is 9.79. The Hall–Kier alpha value is -0.580. The minimum absolute atomic E-state index is 0.0682. The average Bonchev–Trinajstić information content (AvgIpc) is 1.79. The zero-order valence-corrected chi connectivity index (χ0v) is 9.89. The van der Waals surface area contributed by atoms with Crippen molar-refractivity contribution in [2.45, 2.75) is 27.2 Å². The number of sulfone groups is 1. The first-order chi connectivity index (χ1) is 6.04. The highest BCUT2D eigenvalue weighted by Crippen LogP contribution is 2.29. The van der Waals surface area contributed by atoms with Gasteiger partial charge in [-0.3, -0.25) is 4.79 Å². The molecule has 0 spiro atoms. The lowest BCUT2D eigenvalue weighted by molar-refractivity contribution is -0.145. The fraction of sp³-hybridized carbons (Fsp3) is 0.889. The molecular formula is C9H18O4S. The van der Waals surface area contributed by atoms with Gasteiger partial charge in [0.2, 0.25) is 0 Å². The predicted molar refractivity (Wildman–Crippen MR) is 54.9 cm³/mol. The predicted octanol–water partition coefficient (Wildman–Crippen LogP) is 1.17. The SMILES string of the molecule is CC(C)(C)C(CCS(C)(=O)=O)C(=O)O. The van der Waals surface area contributed by atoms with E-state index in [1.807, 2.05) is 0 Å². The van der Waals surface area contributed by atoms with Gasteiger partial charge in [0.15, 0.2) is 0 Å². The van der Waals surface area contributed by atoms with Crippen LogP contribution in [-0.4, -0.2) is 31.5 Å². The van der Waals surface area contributed by atoms with Crippen molar-refractivity contribution in [3.05, 3.63) is 0 Å². The Morgan fingerprint density at radius 2 is 1.79 bits per heavy atom. The Labute approximate surface area is 85.2 Å². The summed E-state index contributed by atoms with van der Waals surface area (Å²) in [5.74, 6) is -1.61. The number of carboxylic acid groups (broad SMARTS) is 1. The molecule has 0 aliphatic heterocycles. The summed E-state index contributed by atoms with van der Waals surface area (Å²) in [4.78, 5) is 10.9. The molecule has 5 heteroatoms. The van der Waals surface area contributed by atoms with Crippen LogP contribution < -0.4 is 0 Å². The van der Waals surface area contributed by atoms with Crippen LogP contribution in [0.3, 0.4) is 0 Å². The van der Waals surface area contributed by atoms with E-state index < -0.39 is 27.1 Å². The summed E-state index contributed by atoms with van der Waals surface area (Å²) in [5, 5.41) is 8.91. The lowest BCUT2D eigenvalue weighted by Gasteiger charge is -2.26. The largest absolute Gasteiger partial charge is 0.481 e. The Kier molecular flexibility index (Phi) is 4.12. The summed E-state index contributed by atoms with van der Waals surface area (Å²) in [6.45, 7) is 5.40. The molecule has 0 radical (unpaired) electrons. The molecule has 1 unspecified atom stereocenters. The second-order valence-electron chi connectivity index (χ2n) is 4.68. The number of hydrogen-bond donors (Lipinski definition) is 1.